The van der Waals surface area contributed by atoms with Crippen LogP contribution < -0.4 is 9.62 Å². The fourth-order valence-electron chi connectivity index (χ4n) is 2.12. The van der Waals surface area contributed by atoms with E-state index < -0.39 is 15.9 Å². The topological polar surface area (TPSA) is 66.5 Å². The van der Waals surface area contributed by atoms with Crippen molar-refractivity contribution in [3.05, 3.63) is 56.1 Å². The second-order valence-electron chi connectivity index (χ2n) is 5.26. The van der Waals surface area contributed by atoms with Gasteiger partial charge in [0.25, 0.3) is 0 Å². The molecule has 0 aliphatic carbocycles. The Morgan fingerprint density at radius 3 is 2.54 bits per heavy atom. The molecule has 0 aliphatic rings. The Balaban J connectivity index is 2.22. The molecule has 0 atom stereocenters. The molecule has 2 aromatic rings. The SMILES string of the molecule is Cc1cc(I)ccc1NC(=O)CN(c1cccc(Br)c1)S(C)(=O)=O. The molecule has 0 aromatic heterocycles. The number of nitrogens with one attached hydrogen (secondary N) is 1. The van der Waals surface area contributed by atoms with E-state index in [-0.39, 0.29) is 6.54 Å². The molecule has 1 N–H and O–H groups in total. The first-order valence-corrected chi connectivity index (χ1v) is 10.7. The predicted molar refractivity (Wildman–Crippen MR) is 109 cm³/mol. The van der Waals surface area contributed by atoms with Crippen LogP contribution in [0.25, 0.3) is 0 Å². The molecule has 0 saturated heterocycles. The number of carbonyl (C=O) groups is 1. The maximum Gasteiger partial charge on any atom is 0.245 e. The van der Waals surface area contributed by atoms with Crippen molar-refractivity contribution < 1.29 is 13.2 Å². The number of anilines is 2. The minimum atomic E-state index is -3.59. The summed E-state index contributed by atoms with van der Waals surface area (Å²) in [6.45, 7) is 1.60. The standard InChI is InChI=1S/C16H16BrIN2O3S/c1-11-8-13(18)6-7-15(11)19-16(21)10-20(24(2,22)23)14-5-3-4-12(17)9-14/h3-9H,10H2,1-2H3,(H,19,21). The largest absolute Gasteiger partial charge is 0.324 e. The lowest BCUT2D eigenvalue weighted by Crippen LogP contribution is -2.37. The Hall–Kier alpha value is -1.13. The third-order valence-electron chi connectivity index (χ3n) is 3.25. The van der Waals surface area contributed by atoms with Crippen LogP contribution in [-0.4, -0.2) is 27.1 Å². The highest BCUT2D eigenvalue weighted by molar-refractivity contribution is 14.1. The summed E-state index contributed by atoms with van der Waals surface area (Å²) >= 11 is 5.50. The van der Waals surface area contributed by atoms with Crippen LogP contribution in [0.2, 0.25) is 0 Å². The number of hydrogen-bond donors (Lipinski definition) is 1. The highest BCUT2D eigenvalue weighted by Gasteiger charge is 2.21. The zero-order chi connectivity index (χ0) is 17.9. The van der Waals surface area contributed by atoms with Gasteiger partial charge < -0.3 is 5.32 Å². The van der Waals surface area contributed by atoms with Crippen LogP contribution in [0.4, 0.5) is 11.4 Å². The first-order chi connectivity index (χ1) is 11.2. The maximum absolute atomic E-state index is 12.3. The number of benzene rings is 2. The lowest BCUT2D eigenvalue weighted by atomic mass is 10.2. The van der Waals surface area contributed by atoms with Gasteiger partial charge in [-0.25, -0.2) is 8.42 Å². The fourth-order valence-corrected chi connectivity index (χ4v) is 4.00. The van der Waals surface area contributed by atoms with Gasteiger partial charge in [-0.2, -0.15) is 0 Å². The molecule has 0 aliphatic heterocycles. The lowest BCUT2D eigenvalue weighted by molar-refractivity contribution is -0.114. The van der Waals surface area contributed by atoms with E-state index in [1.54, 1.807) is 30.3 Å². The minimum Gasteiger partial charge on any atom is -0.324 e. The van der Waals surface area contributed by atoms with Gasteiger partial charge in [-0.3, -0.25) is 9.10 Å². The normalized spacial score (nSPS) is 11.2. The van der Waals surface area contributed by atoms with Crippen molar-refractivity contribution in [1.29, 1.82) is 0 Å². The number of nitrogens with zero attached hydrogens (tertiary/aromatic N) is 1. The first-order valence-electron chi connectivity index (χ1n) is 6.96. The highest BCUT2D eigenvalue weighted by Crippen LogP contribution is 2.23. The number of sulfonamides is 1. The molecule has 2 rings (SSSR count). The van der Waals surface area contributed by atoms with Crippen LogP contribution >= 0.6 is 38.5 Å². The molecular formula is C16H16BrIN2O3S. The lowest BCUT2D eigenvalue weighted by Gasteiger charge is -2.22. The van der Waals surface area contributed by atoms with Crippen LogP contribution in [0.15, 0.2) is 46.9 Å². The van der Waals surface area contributed by atoms with Crippen molar-refractivity contribution in [2.24, 2.45) is 0 Å². The molecule has 2 aromatic carbocycles. The zero-order valence-electron chi connectivity index (χ0n) is 13.1. The van der Waals surface area contributed by atoms with E-state index in [0.717, 1.165) is 24.2 Å². The van der Waals surface area contributed by atoms with Crippen molar-refractivity contribution in [2.45, 2.75) is 6.92 Å². The Labute approximate surface area is 163 Å². The van der Waals surface area contributed by atoms with Gasteiger partial charge >= 0.3 is 0 Å². The third-order valence-corrected chi connectivity index (χ3v) is 5.55. The summed E-state index contributed by atoms with van der Waals surface area (Å²) < 4.78 is 27.0. The van der Waals surface area contributed by atoms with E-state index in [4.69, 9.17) is 0 Å². The van der Waals surface area contributed by atoms with E-state index in [2.05, 4.69) is 43.8 Å². The molecule has 0 radical (unpaired) electrons. The molecule has 0 saturated carbocycles. The highest BCUT2D eigenvalue weighted by atomic mass is 127. The monoisotopic (exact) mass is 522 g/mol. The molecular weight excluding hydrogens is 507 g/mol. The summed E-state index contributed by atoms with van der Waals surface area (Å²) in [6, 6.07) is 12.4. The Morgan fingerprint density at radius 1 is 1.25 bits per heavy atom. The number of hydrogen-bond acceptors (Lipinski definition) is 3. The molecule has 128 valence electrons. The van der Waals surface area contributed by atoms with Gasteiger partial charge in [0.05, 0.1) is 11.9 Å². The van der Waals surface area contributed by atoms with Gasteiger partial charge in [-0.15, -0.1) is 0 Å². The molecule has 5 nitrogen and oxygen atoms in total. The van der Waals surface area contributed by atoms with E-state index >= 15 is 0 Å². The van der Waals surface area contributed by atoms with Gasteiger partial charge in [0.15, 0.2) is 0 Å². The van der Waals surface area contributed by atoms with Crippen molar-refractivity contribution in [2.75, 3.05) is 22.4 Å². The number of rotatable bonds is 5. The fraction of sp³-hybridized carbons (Fsp3) is 0.188. The minimum absolute atomic E-state index is 0.291. The number of carbonyl (C=O) groups excluding carboxylic acids is 1. The summed E-state index contributed by atoms with van der Waals surface area (Å²) in [6.07, 6.45) is 1.08. The average Bonchev–Trinajstić information content (AvgIpc) is 2.46. The van der Waals surface area contributed by atoms with E-state index in [1.807, 2.05) is 19.1 Å². The zero-order valence-corrected chi connectivity index (χ0v) is 17.6. The molecule has 0 bridgehead atoms. The molecule has 0 unspecified atom stereocenters. The van der Waals surface area contributed by atoms with Crippen LogP contribution in [0.3, 0.4) is 0 Å². The van der Waals surface area contributed by atoms with Crippen LogP contribution in [0.5, 0.6) is 0 Å². The smallest absolute Gasteiger partial charge is 0.245 e. The second-order valence-corrected chi connectivity index (χ2v) is 9.33. The molecule has 0 spiro atoms. The van der Waals surface area contributed by atoms with Gasteiger partial charge in [-0.1, -0.05) is 22.0 Å². The van der Waals surface area contributed by atoms with E-state index in [0.29, 0.717) is 11.4 Å². The number of halogens is 2. The van der Waals surface area contributed by atoms with E-state index in [9.17, 15) is 13.2 Å². The van der Waals surface area contributed by atoms with Crippen molar-refractivity contribution in [1.82, 2.24) is 0 Å². The number of aryl methyl sites for hydroxylation is 1. The summed E-state index contributed by atoms with van der Waals surface area (Å²) in [4.78, 5) is 12.3. The predicted octanol–water partition coefficient (Wildman–Crippen LogP) is 3.77. The summed E-state index contributed by atoms with van der Waals surface area (Å²) in [5.41, 5.74) is 2.02. The van der Waals surface area contributed by atoms with Gasteiger partial charge in [0.1, 0.15) is 6.54 Å². The molecule has 0 fully saturated rings. The van der Waals surface area contributed by atoms with Crippen LogP contribution in [0.1, 0.15) is 5.56 Å². The van der Waals surface area contributed by atoms with Crippen molar-refractivity contribution in [3.8, 4) is 0 Å². The van der Waals surface area contributed by atoms with Crippen molar-refractivity contribution >= 4 is 65.8 Å². The molecule has 24 heavy (non-hydrogen) atoms. The number of amides is 1. The molecule has 1 amide bonds. The summed E-state index contributed by atoms with van der Waals surface area (Å²) in [7, 11) is -3.59. The Bertz CT molecular complexity index is 871. The average molecular weight is 523 g/mol. The Morgan fingerprint density at radius 2 is 1.96 bits per heavy atom. The van der Waals surface area contributed by atoms with Crippen LogP contribution in [-0.2, 0) is 14.8 Å². The third kappa shape index (κ3) is 5.18. The Kier molecular flexibility index (Phi) is 6.27. The summed E-state index contributed by atoms with van der Waals surface area (Å²) in [5, 5.41) is 2.76. The maximum atomic E-state index is 12.3. The van der Waals surface area contributed by atoms with Crippen molar-refractivity contribution in [3.63, 3.8) is 0 Å². The molecule has 0 heterocycles. The second kappa shape index (κ2) is 7.83. The van der Waals surface area contributed by atoms with Crippen LogP contribution in [0, 0.1) is 10.5 Å². The van der Waals surface area contributed by atoms with Gasteiger partial charge in [0, 0.05) is 13.7 Å². The summed E-state index contributed by atoms with van der Waals surface area (Å²) in [5.74, 6) is -0.398. The van der Waals surface area contributed by atoms with Gasteiger partial charge in [0.2, 0.25) is 15.9 Å². The van der Waals surface area contributed by atoms with Gasteiger partial charge in [-0.05, 0) is 71.5 Å². The first kappa shape index (κ1) is 19.2. The molecule has 8 heteroatoms. The van der Waals surface area contributed by atoms with E-state index in [1.165, 1.54) is 0 Å². The quantitative estimate of drug-likeness (QED) is 0.608.